The second kappa shape index (κ2) is 12.0. The Kier molecular flexibility index (Phi) is 9.40. The standard InChI is InChI=1S/C23H29NO6S/c1-26-18-10-15(9-17(14-31-6)22(18)29-4)7-8-21(25)24-13-16-11-19(27-2)23(30-5)20(12-16)28-3/h7-12H,13-14H2,1-6H3,(H,24,25)/b8-7+. The summed E-state index contributed by atoms with van der Waals surface area (Å²) in [5.41, 5.74) is 2.68. The smallest absolute Gasteiger partial charge is 0.244 e. The van der Waals surface area contributed by atoms with Gasteiger partial charge in [-0.1, -0.05) is 0 Å². The van der Waals surface area contributed by atoms with Crippen LogP contribution in [0.1, 0.15) is 16.7 Å². The summed E-state index contributed by atoms with van der Waals surface area (Å²) in [6, 6.07) is 7.43. The van der Waals surface area contributed by atoms with Gasteiger partial charge in [0, 0.05) is 23.9 Å². The lowest BCUT2D eigenvalue weighted by molar-refractivity contribution is -0.116. The fourth-order valence-corrected chi connectivity index (χ4v) is 3.61. The molecule has 2 rings (SSSR count). The molecule has 0 unspecified atom stereocenters. The molecular formula is C23H29NO6S. The molecule has 2 aromatic rings. The number of ether oxygens (including phenoxy) is 5. The van der Waals surface area contributed by atoms with Crippen molar-refractivity contribution in [3.05, 3.63) is 47.0 Å². The summed E-state index contributed by atoms with van der Waals surface area (Å²) >= 11 is 1.68. The minimum absolute atomic E-state index is 0.227. The van der Waals surface area contributed by atoms with E-state index in [4.69, 9.17) is 23.7 Å². The van der Waals surface area contributed by atoms with E-state index in [-0.39, 0.29) is 5.91 Å². The van der Waals surface area contributed by atoms with E-state index in [2.05, 4.69) is 5.32 Å². The minimum atomic E-state index is -0.227. The van der Waals surface area contributed by atoms with Gasteiger partial charge in [-0.2, -0.15) is 11.8 Å². The molecule has 1 amide bonds. The van der Waals surface area contributed by atoms with Crippen molar-refractivity contribution in [2.75, 3.05) is 41.8 Å². The van der Waals surface area contributed by atoms with Crippen LogP contribution in [0.4, 0.5) is 0 Å². The van der Waals surface area contributed by atoms with Crippen LogP contribution in [0.5, 0.6) is 28.7 Å². The highest BCUT2D eigenvalue weighted by Crippen LogP contribution is 2.38. The van der Waals surface area contributed by atoms with Gasteiger partial charge in [0.05, 0.1) is 35.5 Å². The van der Waals surface area contributed by atoms with Gasteiger partial charge >= 0.3 is 0 Å². The minimum Gasteiger partial charge on any atom is -0.493 e. The van der Waals surface area contributed by atoms with Crippen molar-refractivity contribution in [2.24, 2.45) is 0 Å². The number of thioether (sulfide) groups is 1. The number of carbonyl (C=O) groups excluding carboxylic acids is 1. The topological polar surface area (TPSA) is 75.3 Å². The second-order valence-corrected chi connectivity index (χ2v) is 7.30. The van der Waals surface area contributed by atoms with Gasteiger partial charge in [-0.15, -0.1) is 0 Å². The summed E-state index contributed by atoms with van der Waals surface area (Å²) in [5, 5.41) is 2.86. The van der Waals surface area contributed by atoms with Crippen LogP contribution >= 0.6 is 11.8 Å². The van der Waals surface area contributed by atoms with Crippen LogP contribution in [-0.2, 0) is 17.1 Å². The number of hydrogen-bond donors (Lipinski definition) is 1. The van der Waals surface area contributed by atoms with Gasteiger partial charge in [0.25, 0.3) is 0 Å². The van der Waals surface area contributed by atoms with Crippen LogP contribution in [0.25, 0.3) is 6.08 Å². The molecule has 8 heteroatoms. The lowest BCUT2D eigenvalue weighted by atomic mass is 10.1. The Hall–Kier alpha value is -3.00. The first-order chi connectivity index (χ1) is 15.0. The van der Waals surface area contributed by atoms with Crippen molar-refractivity contribution >= 4 is 23.7 Å². The molecule has 0 aromatic heterocycles. The third kappa shape index (κ3) is 6.24. The Balaban J connectivity index is 2.14. The van der Waals surface area contributed by atoms with E-state index < -0.39 is 0 Å². The maximum absolute atomic E-state index is 12.4. The summed E-state index contributed by atoms with van der Waals surface area (Å²) < 4.78 is 26.9. The predicted molar refractivity (Wildman–Crippen MR) is 124 cm³/mol. The molecule has 0 saturated carbocycles. The summed E-state index contributed by atoms with van der Waals surface area (Å²) in [6.45, 7) is 0.309. The number of nitrogens with one attached hydrogen (secondary N) is 1. The maximum atomic E-state index is 12.4. The molecule has 0 aliphatic heterocycles. The first kappa shape index (κ1) is 24.3. The Morgan fingerprint density at radius 2 is 1.45 bits per heavy atom. The Morgan fingerprint density at radius 1 is 0.871 bits per heavy atom. The van der Waals surface area contributed by atoms with Crippen molar-refractivity contribution in [3.8, 4) is 28.7 Å². The van der Waals surface area contributed by atoms with Crippen LogP contribution in [-0.4, -0.2) is 47.7 Å². The molecule has 0 saturated heterocycles. The quantitative estimate of drug-likeness (QED) is 0.523. The Morgan fingerprint density at radius 3 is 1.97 bits per heavy atom. The van der Waals surface area contributed by atoms with Crippen LogP contribution < -0.4 is 29.0 Å². The van der Waals surface area contributed by atoms with Crippen molar-refractivity contribution in [1.82, 2.24) is 5.32 Å². The maximum Gasteiger partial charge on any atom is 0.244 e. The Labute approximate surface area is 187 Å². The normalized spacial score (nSPS) is 10.6. The molecule has 0 fully saturated rings. The van der Waals surface area contributed by atoms with E-state index in [1.54, 1.807) is 65.5 Å². The van der Waals surface area contributed by atoms with Crippen LogP contribution in [0, 0.1) is 0 Å². The van der Waals surface area contributed by atoms with Crippen molar-refractivity contribution in [3.63, 3.8) is 0 Å². The molecule has 0 aliphatic carbocycles. The molecular weight excluding hydrogens is 418 g/mol. The van der Waals surface area contributed by atoms with E-state index in [9.17, 15) is 4.79 Å². The second-order valence-electron chi connectivity index (χ2n) is 6.43. The lowest BCUT2D eigenvalue weighted by Crippen LogP contribution is -2.20. The Bertz CT molecular complexity index is 904. The van der Waals surface area contributed by atoms with Crippen LogP contribution in [0.2, 0.25) is 0 Å². The number of carbonyl (C=O) groups is 1. The zero-order valence-corrected chi connectivity index (χ0v) is 19.6. The first-order valence-electron chi connectivity index (χ1n) is 9.49. The fourth-order valence-electron chi connectivity index (χ4n) is 3.08. The summed E-state index contributed by atoms with van der Waals surface area (Å²) in [5.74, 6) is 3.47. The summed E-state index contributed by atoms with van der Waals surface area (Å²) in [7, 11) is 7.87. The first-order valence-corrected chi connectivity index (χ1v) is 10.9. The van der Waals surface area contributed by atoms with Crippen molar-refractivity contribution in [2.45, 2.75) is 12.3 Å². The zero-order chi connectivity index (χ0) is 22.8. The van der Waals surface area contributed by atoms with Crippen LogP contribution in [0.3, 0.4) is 0 Å². The van der Waals surface area contributed by atoms with Crippen molar-refractivity contribution < 1.29 is 28.5 Å². The van der Waals surface area contributed by atoms with Crippen molar-refractivity contribution in [1.29, 1.82) is 0 Å². The van der Waals surface area contributed by atoms with Gasteiger partial charge in [0.15, 0.2) is 23.0 Å². The van der Waals surface area contributed by atoms with Gasteiger partial charge < -0.3 is 29.0 Å². The number of amides is 1. The predicted octanol–water partition coefficient (Wildman–Crippen LogP) is 3.92. The molecule has 0 bridgehead atoms. The third-order valence-electron chi connectivity index (χ3n) is 4.50. The zero-order valence-electron chi connectivity index (χ0n) is 18.7. The SMILES string of the molecule is COc1cc(/C=C/C(=O)NCc2cc(OC)c(OC)c(OC)c2)cc(CSC)c1OC. The number of hydrogen-bond acceptors (Lipinski definition) is 7. The van der Waals surface area contributed by atoms with E-state index in [1.807, 2.05) is 18.4 Å². The summed E-state index contributed by atoms with van der Waals surface area (Å²) in [6.07, 6.45) is 5.25. The average Bonchev–Trinajstić information content (AvgIpc) is 2.80. The van der Waals surface area contributed by atoms with Gasteiger partial charge in [0.1, 0.15) is 0 Å². The molecule has 1 N–H and O–H groups in total. The molecule has 31 heavy (non-hydrogen) atoms. The molecule has 168 valence electrons. The van der Waals surface area contributed by atoms with E-state index >= 15 is 0 Å². The molecule has 7 nitrogen and oxygen atoms in total. The number of benzene rings is 2. The fraction of sp³-hybridized carbons (Fsp3) is 0.348. The van der Waals surface area contributed by atoms with E-state index in [1.165, 1.54) is 6.08 Å². The van der Waals surface area contributed by atoms with Crippen LogP contribution in [0.15, 0.2) is 30.3 Å². The largest absolute Gasteiger partial charge is 0.493 e. The highest BCUT2D eigenvalue weighted by atomic mass is 32.2. The molecule has 0 heterocycles. The highest BCUT2D eigenvalue weighted by Gasteiger charge is 2.14. The molecule has 0 atom stereocenters. The van der Waals surface area contributed by atoms with E-state index in [0.29, 0.717) is 35.3 Å². The number of methoxy groups -OCH3 is 5. The van der Waals surface area contributed by atoms with Gasteiger partial charge in [0.2, 0.25) is 11.7 Å². The van der Waals surface area contributed by atoms with E-state index in [0.717, 1.165) is 22.4 Å². The lowest BCUT2D eigenvalue weighted by Gasteiger charge is -2.14. The summed E-state index contributed by atoms with van der Waals surface area (Å²) in [4.78, 5) is 12.4. The average molecular weight is 448 g/mol. The number of rotatable bonds is 11. The molecule has 0 radical (unpaired) electrons. The van der Waals surface area contributed by atoms with Gasteiger partial charge in [-0.25, -0.2) is 0 Å². The third-order valence-corrected chi connectivity index (χ3v) is 5.10. The van der Waals surface area contributed by atoms with Gasteiger partial charge in [-0.3, -0.25) is 4.79 Å². The molecule has 2 aromatic carbocycles. The monoisotopic (exact) mass is 447 g/mol. The molecule has 0 spiro atoms. The van der Waals surface area contributed by atoms with Gasteiger partial charge in [-0.05, 0) is 47.7 Å². The molecule has 0 aliphatic rings. The highest BCUT2D eigenvalue weighted by molar-refractivity contribution is 7.97.